The molecule has 0 fully saturated rings. The van der Waals surface area contributed by atoms with E-state index in [1.165, 1.54) is 0 Å². The third-order valence-electron chi connectivity index (χ3n) is 0. The summed E-state index contributed by atoms with van der Waals surface area (Å²) in [7, 11) is 0. The van der Waals surface area contributed by atoms with E-state index >= 15 is 0 Å². The fourth-order valence-electron chi connectivity index (χ4n) is 0. The Morgan fingerprint density at radius 2 is 0.600 bits per heavy atom. The first kappa shape index (κ1) is 19.1. The first-order chi connectivity index (χ1) is 2.00. The van der Waals surface area contributed by atoms with Crippen molar-refractivity contribution in [1.29, 1.82) is 0 Å². The monoisotopic (exact) mass is 69.1 g/mol. The largest absolute Gasteiger partial charge is 0.0683 e. The van der Waals surface area contributed by atoms with Crippen molar-refractivity contribution in [2.75, 3.05) is 0 Å². The van der Waals surface area contributed by atoms with Crippen molar-refractivity contribution in [1.82, 2.24) is 0 Å². The van der Waals surface area contributed by atoms with E-state index in [0.717, 1.165) is 0 Å². The number of rotatable bonds is 0. The zero-order valence-corrected chi connectivity index (χ0v) is 4.71. The second kappa shape index (κ2) is 1470. The fraction of sp³-hybridized carbons (Fsp3) is 1.00. The molecule has 0 rings (SSSR count). The maximum absolute atomic E-state index is 2.00. The summed E-state index contributed by atoms with van der Waals surface area (Å²) >= 11 is 0. The van der Waals surface area contributed by atoms with E-state index in [2.05, 4.69) is 0 Å². The second-order valence-corrected chi connectivity index (χ2v) is 0. The second-order valence-electron chi connectivity index (χ2n) is 0. The Balaban J connectivity index is -0.0000000133. The molecule has 0 aromatic heterocycles. The summed E-state index contributed by atoms with van der Waals surface area (Å²) in [5.41, 5.74) is 0. The van der Waals surface area contributed by atoms with E-state index in [1.807, 2.05) is 27.7 Å². The maximum atomic E-state index is 2.00. The first-order valence-electron chi connectivity index (χ1n) is 2.00. The molecule has 0 aliphatic rings. The molecule has 0 aliphatic carbocycles. The van der Waals surface area contributed by atoms with Gasteiger partial charge in [0.25, 0.3) is 0 Å². The van der Waals surface area contributed by atoms with Gasteiger partial charge in [-0.2, -0.15) is 0 Å². The zero-order chi connectivity index (χ0) is 4.00. The minimum Gasteiger partial charge on any atom is -0.0683 e. The molecule has 0 bridgehead atoms. The number of hydrogen-bond acceptors (Lipinski definition) is 0. The Kier molecular flexibility index (Phi) is 5610. The van der Waals surface area contributed by atoms with Gasteiger partial charge in [0.15, 0.2) is 0 Å². The summed E-state index contributed by atoms with van der Waals surface area (Å²) in [6.07, 6.45) is 0. The van der Waals surface area contributed by atoms with Gasteiger partial charge in [0.05, 0.1) is 0 Å². The van der Waals surface area contributed by atoms with Crippen molar-refractivity contribution in [3.63, 3.8) is 0 Å². The summed E-state index contributed by atoms with van der Waals surface area (Å²) in [4.78, 5) is 0. The SMILES string of the molecule is CC.CC.[Be]. The molecular weight excluding hydrogens is 57.1 g/mol. The van der Waals surface area contributed by atoms with Crippen LogP contribution in [0.4, 0.5) is 0 Å². The Hall–Kier alpha value is 0.169. The molecule has 0 amide bonds. The van der Waals surface area contributed by atoms with Gasteiger partial charge >= 0.3 is 0 Å². The average molecular weight is 69.2 g/mol. The molecule has 0 saturated carbocycles. The molecule has 0 aromatic rings. The standard InChI is InChI=1S/2C2H6.Be/c2*1-2;/h2*1-2H3;. The Morgan fingerprint density at radius 3 is 0.600 bits per heavy atom. The minimum atomic E-state index is 0. The smallest absolute Gasteiger partial charge is 0 e. The molecule has 5 heavy (non-hydrogen) atoms. The molecule has 2 radical (unpaired) electrons. The van der Waals surface area contributed by atoms with E-state index in [9.17, 15) is 0 Å². The summed E-state index contributed by atoms with van der Waals surface area (Å²) < 4.78 is 0. The molecule has 0 unspecified atom stereocenters. The van der Waals surface area contributed by atoms with Crippen LogP contribution in [0.2, 0.25) is 0 Å². The van der Waals surface area contributed by atoms with Gasteiger partial charge in [-0.15, -0.1) is 0 Å². The van der Waals surface area contributed by atoms with E-state index in [4.69, 9.17) is 0 Å². The topological polar surface area (TPSA) is 0 Å². The van der Waals surface area contributed by atoms with Crippen LogP contribution in [0, 0.1) is 0 Å². The molecule has 0 atom stereocenters. The van der Waals surface area contributed by atoms with Crippen LogP contribution in [0.25, 0.3) is 0 Å². The molecule has 0 spiro atoms. The van der Waals surface area contributed by atoms with E-state index in [1.54, 1.807) is 0 Å². The average Bonchev–Trinajstić information content (AvgIpc) is 1.50. The molecule has 1 heteroatoms. The summed E-state index contributed by atoms with van der Waals surface area (Å²) in [5, 5.41) is 0. The van der Waals surface area contributed by atoms with Gasteiger partial charge in [-0.25, -0.2) is 0 Å². The summed E-state index contributed by atoms with van der Waals surface area (Å²) in [5.74, 6) is 0. The van der Waals surface area contributed by atoms with Crippen LogP contribution in [0.5, 0.6) is 0 Å². The minimum absolute atomic E-state index is 0. The molecule has 0 nitrogen and oxygen atoms in total. The first-order valence-corrected chi connectivity index (χ1v) is 2.00. The predicted molar refractivity (Wildman–Crippen MR) is 28.4 cm³/mol. The van der Waals surface area contributed by atoms with Crippen LogP contribution in [0.3, 0.4) is 0 Å². The fourth-order valence-corrected chi connectivity index (χ4v) is 0. The number of hydrogen-bond donors (Lipinski definition) is 0. The van der Waals surface area contributed by atoms with Gasteiger partial charge in [-0.1, -0.05) is 27.7 Å². The van der Waals surface area contributed by atoms with Crippen LogP contribution in [-0.2, 0) is 0 Å². The zero-order valence-electron chi connectivity index (χ0n) is 4.71. The predicted octanol–water partition coefficient (Wildman–Crippen LogP) is 1.67. The molecule has 0 aliphatic heterocycles. The van der Waals surface area contributed by atoms with Crippen LogP contribution < -0.4 is 0 Å². The van der Waals surface area contributed by atoms with E-state index in [0.29, 0.717) is 0 Å². The van der Waals surface area contributed by atoms with Crippen LogP contribution in [0.1, 0.15) is 27.7 Å². The third kappa shape index (κ3) is 688. The van der Waals surface area contributed by atoms with E-state index < -0.39 is 0 Å². The van der Waals surface area contributed by atoms with Crippen molar-refractivity contribution < 1.29 is 0 Å². The van der Waals surface area contributed by atoms with Crippen molar-refractivity contribution >= 4 is 10.1 Å². The molecule has 30 valence electrons. The van der Waals surface area contributed by atoms with Crippen molar-refractivity contribution in [3.8, 4) is 0 Å². The van der Waals surface area contributed by atoms with Crippen molar-refractivity contribution in [2.45, 2.75) is 27.7 Å². The van der Waals surface area contributed by atoms with Gasteiger partial charge in [-0.05, 0) is 0 Å². The van der Waals surface area contributed by atoms with Crippen molar-refractivity contribution in [2.24, 2.45) is 0 Å². The van der Waals surface area contributed by atoms with Gasteiger partial charge in [0.2, 0.25) is 0 Å². The van der Waals surface area contributed by atoms with Gasteiger partial charge in [-0.3, -0.25) is 0 Å². The maximum Gasteiger partial charge on any atom is 0 e. The third-order valence-corrected chi connectivity index (χ3v) is 0. The van der Waals surface area contributed by atoms with E-state index in [-0.39, 0.29) is 10.1 Å². The van der Waals surface area contributed by atoms with Crippen LogP contribution >= 0.6 is 0 Å². The molecular formula is C4H12Be. The molecule has 0 saturated heterocycles. The van der Waals surface area contributed by atoms with Gasteiger partial charge in [0.1, 0.15) is 0 Å². The Labute approximate surface area is 38.8 Å². The van der Waals surface area contributed by atoms with Crippen LogP contribution in [-0.4, -0.2) is 10.1 Å². The van der Waals surface area contributed by atoms with Crippen molar-refractivity contribution in [3.05, 3.63) is 0 Å². The van der Waals surface area contributed by atoms with Gasteiger partial charge < -0.3 is 0 Å². The Morgan fingerprint density at radius 1 is 0.600 bits per heavy atom. The quantitative estimate of drug-likeness (QED) is 0.379. The van der Waals surface area contributed by atoms with Crippen LogP contribution in [0.15, 0.2) is 0 Å². The summed E-state index contributed by atoms with van der Waals surface area (Å²) in [6, 6.07) is 0. The molecule has 0 N–H and O–H groups in total. The molecule has 0 aromatic carbocycles. The normalized spacial score (nSPS) is 2.40. The van der Waals surface area contributed by atoms with Gasteiger partial charge in [0, 0.05) is 10.1 Å². The molecule has 0 heterocycles. The Bertz CT molecular complexity index is 3.61. The summed E-state index contributed by atoms with van der Waals surface area (Å²) in [6.45, 7) is 8.00.